The number of hydrogen-bond acceptors (Lipinski definition) is 3. The number of rotatable bonds is 8. The van der Waals surface area contributed by atoms with E-state index in [9.17, 15) is 9.59 Å². The molecule has 4 nitrogen and oxygen atoms in total. The van der Waals surface area contributed by atoms with Gasteiger partial charge in [-0.3, -0.25) is 9.59 Å². The fourth-order valence-corrected chi connectivity index (χ4v) is 2.42. The average Bonchev–Trinajstić information content (AvgIpc) is 3.04. The first-order valence-corrected chi connectivity index (χ1v) is 6.89. The molecule has 0 bridgehead atoms. The second-order valence-corrected chi connectivity index (χ2v) is 5.16. The Balaban J connectivity index is 2.27. The Bertz CT molecular complexity index is 254. The predicted octanol–water partition coefficient (Wildman–Crippen LogP) is 1.60. The molecule has 0 aromatic heterocycles. The van der Waals surface area contributed by atoms with Gasteiger partial charge in [-0.2, -0.15) is 11.8 Å². The standard InChI is InChI=1S/C11H19NO3S/c1-2-3-6-16-8-10(13)12(7-11(14)15)9-4-5-9/h9H,2-8H2,1H3,(H,14,15). The van der Waals surface area contributed by atoms with E-state index >= 15 is 0 Å². The molecule has 0 aromatic carbocycles. The van der Waals surface area contributed by atoms with Crippen LogP contribution in [0.5, 0.6) is 0 Å². The van der Waals surface area contributed by atoms with Crippen LogP contribution in [0.1, 0.15) is 32.6 Å². The highest BCUT2D eigenvalue weighted by molar-refractivity contribution is 7.99. The molecule has 1 rings (SSSR count). The highest BCUT2D eigenvalue weighted by Crippen LogP contribution is 2.27. The zero-order valence-electron chi connectivity index (χ0n) is 9.65. The molecule has 92 valence electrons. The van der Waals surface area contributed by atoms with Gasteiger partial charge in [0.25, 0.3) is 0 Å². The summed E-state index contributed by atoms with van der Waals surface area (Å²) in [5, 5.41) is 8.72. The van der Waals surface area contributed by atoms with Crippen LogP contribution in [-0.2, 0) is 9.59 Å². The molecular formula is C11H19NO3S. The molecule has 16 heavy (non-hydrogen) atoms. The molecule has 1 fully saturated rings. The quantitative estimate of drug-likeness (QED) is 0.660. The van der Waals surface area contributed by atoms with E-state index in [2.05, 4.69) is 6.92 Å². The number of carboxylic acids is 1. The minimum atomic E-state index is -0.918. The smallest absolute Gasteiger partial charge is 0.323 e. The van der Waals surface area contributed by atoms with E-state index in [1.54, 1.807) is 11.8 Å². The molecule has 5 heteroatoms. The molecule has 1 aliphatic rings. The number of carboxylic acid groups (broad SMARTS) is 1. The number of carbonyl (C=O) groups excluding carboxylic acids is 1. The average molecular weight is 245 g/mol. The molecule has 0 heterocycles. The largest absolute Gasteiger partial charge is 0.480 e. The van der Waals surface area contributed by atoms with Crippen LogP contribution in [0.25, 0.3) is 0 Å². The van der Waals surface area contributed by atoms with Crippen LogP contribution in [0.15, 0.2) is 0 Å². The van der Waals surface area contributed by atoms with Crippen molar-refractivity contribution < 1.29 is 14.7 Å². The number of carbonyl (C=O) groups is 2. The molecule has 0 unspecified atom stereocenters. The van der Waals surface area contributed by atoms with Crippen molar-refractivity contribution in [3.05, 3.63) is 0 Å². The van der Waals surface area contributed by atoms with Gasteiger partial charge < -0.3 is 10.0 Å². The molecule has 0 spiro atoms. The maximum atomic E-state index is 11.8. The Kier molecular flexibility index (Phi) is 5.66. The van der Waals surface area contributed by atoms with Crippen molar-refractivity contribution in [2.45, 2.75) is 38.6 Å². The predicted molar refractivity (Wildman–Crippen MR) is 64.6 cm³/mol. The molecule has 1 N–H and O–H groups in total. The molecule has 0 radical (unpaired) electrons. The first-order valence-electron chi connectivity index (χ1n) is 5.74. The molecule has 1 aliphatic carbocycles. The van der Waals surface area contributed by atoms with Crippen LogP contribution in [-0.4, -0.2) is 46.0 Å². The molecule has 0 atom stereocenters. The molecule has 0 aliphatic heterocycles. The van der Waals surface area contributed by atoms with Gasteiger partial charge in [-0.1, -0.05) is 13.3 Å². The number of amides is 1. The highest BCUT2D eigenvalue weighted by Gasteiger charge is 2.33. The van der Waals surface area contributed by atoms with Crippen molar-refractivity contribution >= 4 is 23.6 Å². The molecule has 0 saturated heterocycles. The summed E-state index contributed by atoms with van der Waals surface area (Å²) in [6.45, 7) is 1.97. The van der Waals surface area contributed by atoms with Crippen LogP contribution in [0, 0.1) is 0 Å². The maximum Gasteiger partial charge on any atom is 0.323 e. The maximum absolute atomic E-state index is 11.8. The summed E-state index contributed by atoms with van der Waals surface area (Å²) in [6.07, 6.45) is 4.15. The van der Waals surface area contributed by atoms with Gasteiger partial charge in [0, 0.05) is 6.04 Å². The van der Waals surface area contributed by atoms with E-state index in [0.29, 0.717) is 5.75 Å². The van der Waals surface area contributed by atoms with Gasteiger partial charge in [0.2, 0.25) is 5.91 Å². The van der Waals surface area contributed by atoms with Gasteiger partial charge >= 0.3 is 5.97 Å². The first-order chi connectivity index (χ1) is 7.65. The van der Waals surface area contributed by atoms with Crippen LogP contribution < -0.4 is 0 Å². The summed E-state index contributed by atoms with van der Waals surface area (Å²) >= 11 is 1.60. The van der Waals surface area contributed by atoms with E-state index < -0.39 is 5.97 Å². The SMILES string of the molecule is CCCCSCC(=O)N(CC(=O)O)C1CC1. The van der Waals surface area contributed by atoms with Crippen molar-refractivity contribution in [3.8, 4) is 0 Å². The number of unbranched alkanes of at least 4 members (excludes halogenated alkanes) is 1. The van der Waals surface area contributed by atoms with Crippen molar-refractivity contribution in [1.29, 1.82) is 0 Å². The third-order valence-electron chi connectivity index (χ3n) is 2.48. The molecule has 0 aromatic rings. The van der Waals surface area contributed by atoms with Crippen LogP contribution in [0.4, 0.5) is 0 Å². The van der Waals surface area contributed by atoms with Crippen molar-refractivity contribution in [3.63, 3.8) is 0 Å². The van der Waals surface area contributed by atoms with Gasteiger partial charge in [0.05, 0.1) is 5.75 Å². The Morgan fingerprint density at radius 1 is 1.44 bits per heavy atom. The molecule has 1 amide bonds. The number of nitrogens with zero attached hydrogens (tertiary/aromatic N) is 1. The summed E-state index contributed by atoms with van der Waals surface area (Å²) in [5.41, 5.74) is 0. The van der Waals surface area contributed by atoms with Crippen molar-refractivity contribution in [2.75, 3.05) is 18.1 Å². The van der Waals surface area contributed by atoms with Crippen LogP contribution >= 0.6 is 11.8 Å². The highest BCUT2D eigenvalue weighted by atomic mass is 32.2. The fraction of sp³-hybridized carbons (Fsp3) is 0.818. The molecular weight excluding hydrogens is 226 g/mol. The van der Waals surface area contributed by atoms with Gasteiger partial charge in [-0.15, -0.1) is 0 Å². The number of thioether (sulfide) groups is 1. The van der Waals surface area contributed by atoms with Crippen LogP contribution in [0.3, 0.4) is 0 Å². The summed E-state index contributed by atoms with van der Waals surface area (Å²) in [7, 11) is 0. The fourth-order valence-electron chi connectivity index (χ4n) is 1.44. The van der Waals surface area contributed by atoms with E-state index in [1.165, 1.54) is 4.90 Å². The Morgan fingerprint density at radius 3 is 2.62 bits per heavy atom. The third-order valence-corrected chi connectivity index (χ3v) is 3.51. The second-order valence-electron chi connectivity index (χ2n) is 4.05. The third kappa shape index (κ3) is 4.88. The minimum absolute atomic E-state index is 0.0222. The summed E-state index contributed by atoms with van der Waals surface area (Å²) in [5.74, 6) is 0.460. The lowest BCUT2D eigenvalue weighted by Crippen LogP contribution is -2.38. The Hall–Kier alpha value is -0.710. The normalized spacial score (nSPS) is 14.8. The lowest BCUT2D eigenvalue weighted by molar-refractivity contribution is -0.143. The van der Waals surface area contributed by atoms with Gasteiger partial charge in [-0.05, 0) is 25.0 Å². The minimum Gasteiger partial charge on any atom is -0.480 e. The number of hydrogen-bond donors (Lipinski definition) is 1. The topological polar surface area (TPSA) is 57.6 Å². The zero-order valence-corrected chi connectivity index (χ0v) is 10.5. The van der Waals surface area contributed by atoms with E-state index in [1.807, 2.05) is 0 Å². The summed E-state index contributed by atoms with van der Waals surface area (Å²) in [4.78, 5) is 23.9. The van der Waals surface area contributed by atoms with E-state index in [4.69, 9.17) is 5.11 Å². The monoisotopic (exact) mass is 245 g/mol. The van der Waals surface area contributed by atoms with Gasteiger partial charge in [0.1, 0.15) is 6.54 Å². The second kappa shape index (κ2) is 6.78. The van der Waals surface area contributed by atoms with E-state index in [0.717, 1.165) is 31.4 Å². The Labute approximate surface area is 100 Å². The lowest BCUT2D eigenvalue weighted by atomic mass is 10.4. The van der Waals surface area contributed by atoms with Crippen molar-refractivity contribution in [2.24, 2.45) is 0 Å². The number of aliphatic carboxylic acids is 1. The first kappa shape index (κ1) is 13.4. The van der Waals surface area contributed by atoms with Crippen molar-refractivity contribution in [1.82, 2.24) is 4.90 Å². The van der Waals surface area contributed by atoms with Gasteiger partial charge in [-0.25, -0.2) is 0 Å². The van der Waals surface area contributed by atoms with E-state index in [-0.39, 0.29) is 18.5 Å². The van der Waals surface area contributed by atoms with Crippen LogP contribution in [0.2, 0.25) is 0 Å². The zero-order chi connectivity index (χ0) is 12.0. The van der Waals surface area contributed by atoms with Gasteiger partial charge in [0.15, 0.2) is 0 Å². The Morgan fingerprint density at radius 2 is 2.12 bits per heavy atom. The lowest BCUT2D eigenvalue weighted by Gasteiger charge is -2.19. The summed E-state index contributed by atoms with van der Waals surface area (Å²) in [6, 6.07) is 0.190. The summed E-state index contributed by atoms with van der Waals surface area (Å²) < 4.78 is 0. The molecule has 1 saturated carbocycles.